The van der Waals surface area contributed by atoms with Crippen LogP contribution in [-0.2, 0) is 0 Å². The number of hydrogen-bond acceptors (Lipinski definition) is 3. The molecule has 3 nitrogen and oxygen atoms in total. The number of benzene rings is 1. The predicted molar refractivity (Wildman–Crippen MR) is 55.1 cm³/mol. The van der Waals surface area contributed by atoms with Crippen molar-refractivity contribution in [2.45, 2.75) is 0 Å². The Bertz CT molecular complexity index is 500. The van der Waals surface area contributed by atoms with Gasteiger partial charge in [-0.1, -0.05) is 6.07 Å². The number of rotatable bonds is 2. The second-order valence-electron chi connectivity index (χ2n) is 3.07. The van der Waals surface area contributed by atoms with E-state index in [0.717, 1.165) is 6.07 Å². The molecule has 2 N–H and O–H groups in total. The summed E-state index contributed by atoms with van der Waals surface area (Å²) in [6.45, 7) is 0. The molecule has 16 heavy (non-hydrogen) atoms. The number of nitrogens with zero attached hydrogens (tertiary/aromatic N) is 1. The van der Waals surface area contributed by atoms with Crippen molar-refractivity contribution in [1.29, 1.82) is 0 Å². The van der Waals surface area contributed by atoms with Crippen molar-refractivity contribution in [3.05, 3.63) is 48.2 Å². The molecule has 1 heterocycles. The van der Waals surface area contributed by atoms with Crippen molar-refractivity contribution in [3.63, 3.8) is 0 Å². The smallest absolute Gasteiger partial charge is 0.201 e. The highest BCUT2D eigenvalue weighted by Crippen LogP contribution is 2.25. The molecule has 0 spiro atoms. The van der Waals surface area contributed by atoms with Crippen LogP contribution in [0.5, 0.6) is 11.5 Å². The number of ether oxygens (including phenoxy) is 1. The quantitative estimate of drug-likeness (QED) is 0.849. The highest BCUT2D eigenvalue weighted by Gasteiger charge is 2.09. The zero-order valence-electron chi connectivity index (χ0n) is 8.15. The zero-order chi connectivity index (χ0) is 11.5. The van der Waals surface area contributed by atoms with E-state index in [4.69, 9.17) is 10.5 Å². The van der Waals surface area contributed by atoms with E-state index in [1.807, 2.05) is 0 Å². The molecular formula is C11H8F2N2O. The fraction of sp³-hybridized carbons (Fsp3) is 0. The fourth-order valence-corrected chi connectivity index (χ4v) is 1.14. The maximum atomic E-state index is 13.2. The van der Waals surface area contributed by atoms with Crippen LogP contribution in [0.25, 0.3) is 0 Å². The van der Waals surface area contributed by atoms with Gasteiger partial charge in [0.2, 0.25) is 5.82 Å². The fourth-order valence-electron chi connectivity index (χ4n) is 1.14. The van der Waals surface area contributed by atoms with Gasteiger partial charge in [-0.3, -0.25) is 0 Å². The Morgan fingerprint density at radius 2 is 1.94 bits per heavy atom. The Kier molecular flexibility index (Phi) is 2.68. The van der Waals surface area contributed by atoms with Gasteiger partial charge in [0.05, 0.1) is 6.20 Å². The molecule has 0 saturated carbocycles. The van der Waals surface area contributed by atoms with Crippen molar-refractivity contribution >= 4 is 5.82 Å². The molecule has 2 aromatic rings. The maximum absolute atomic E-state index is 13.2. The molecule has 0 bridgehead atoms. The molecule has 0 atom stereocenters. The average Bonchev–Trinajstić information content (AvgIpc) is 2.28. The normalized spacial score (nSPS) is 10.1. The van der Waals surface area contributed by atoms with E-state index in [0.29, 0.717) is 11.6 Å². The molecule has 0 unspecified atom stereocenters. The summed E-state index contributed by atoms with van der Waals surface area (Å²) in [6, 6.07) is 6.73. The molecule has 0 aliphatic heterocycles. The number of anilines is 1. The monoisotopic (exact) mass is 222 g/mol. The Morgan fingerprint density at radius 3 is 2.62 bits per heavy atom. The van der Waals surface area contributed by atoms with E-state index in [9.17, 15) is 8.78 Å². The second-order valence-corrected chi connectivity index (χ2v) is 3.07. The lowest BCUT2D eigenvalue weighted by Gasteiger charge is -2.06. The molecule has 2 rings (SSSR count). The topological polar surface area (TPSA) is 48.1 Å². The molecule has 0 saturated heterocycles. The van der Waals surface area contributed by atoms with Crippen molar-refractivity contribution < 1.29 is 13.5 Å². The summed E-state index contributed by atoms with van der Waals surface area (Å²) in [7, 11) is 0. The van der Waals surface area contributed by atoms with Crippen LogP contribution in [0.3, 0.4) is 0 Å². The number of aromatic nitrogens is 1. The molecular weight excluding hydrogens is 214 g/mol. The van der Waals surface area contributed by atoms with Crippen LogP contribution in [0.15, 0.2) is 36.5 Å². The second kappa shape index (κ2) is 4.14. The Balaban J connectivity index is 2.27. The zero-order valence-corrected chi connectivity index (χ0v) is 8.15. The van der Waals surface area contributed by atoms with Gasteiger partial charge >= 0.3 is 0 Å². The van der Waals surface area contributed by atoms with Gasteiger partial charge in [0.1, 0.15) is 11.6 Å². The highest BCUT2D eigenvalue weighted by atomic mass is 19.2. The van der Waals surface area contributed by atoms with Crippen LogP contribution in [-0.4, -0.2) is 4.98 Å². The summed E-state index contributed by atoms with van der Waals surface area (Å²) in [5.41, 5.74) is 5.37. The molecule has 0 radical (unpaired) electrons. The summed E-state index contributed by atoms with van der Waals surface area (Å²) in [5.74, 6) is -1.56. The number of halogens is 2. The van der Waals surface area contributed by atoms with Gasteiger partial charge in [0.15, 0.2) is 11.6 Å². The SMILES string of the molecule is Nc1ccc(Oc2cccc(F)c2F)cn1. The minimum absolute atomic E-state index is 0.188. The number of hydrogen-bond donors (Lipinski definition) is 1. The first-order valence-corrected chi connectivity index (χ1v) is 4.50. The van der Waals surface area contributed by atoms with Gasteiger partial charge in [-0.25, -0.2) is 9.37 Å². The van der Waals surface area contributed by atoms with Crippen LogP contribution in [0, 0.1) is 11.6 Å². The molecule has 5 heteroatoms. The first kappa shape index (κ1) is 10.4. The van der Waals surface area contributed by atoms with Crippen LogP contribution in [0.2, 0.25) is 0 Å². The first-order chi connectivity index (χ1) is 7.66. The minimum atomic E-state index is -1.03. The number of nitrogen functional groups attached to an aromatic ring is 1. The Hall–Kier alpha value is -2.17. The van der Waals surface area contributed by atoms with E-state index < -0.39 is 11.6 Å². The van der Waals surface area contributed by atoms with Crippen LogP contribution in [0.1, 0.15) is 0 Å². The Labute approximate surface area is 90.5 Å². The van der Waals surface area contributed by atoms with E-state index >= 15 is 0 Å². The van der Waals surface area contributed by atoms with Crippen molar-refractivity contribution in [2.24, 2.45) is 0 Å². The van der Waals surface area contributed by atoms with E-state index in [1.165, 1.54) is 30.5 Å². The molecule has 82 valence electrons. The summed E-state index contributed by atoms with van der Waals surface area (Å²) >= 11 is 0. The third-order valence-corrected chi connectivity index (χ3v) is 1.90. The summed E-state index contributed by atoms with van der Waals surface area (Å²) < 4.78 is 31.2. The Morgan fingerprint density at radius 1 is 1.12 bits per heavy atom. The standard InChI is InChI=1S/C11H8F2N2O/c12-8-2-1-3-9(11(8)13)16-7-4-5-10(14)15-6-7/h1-6H,(H2,14,15). The van der Waals surface area contributed by atoms with Gasteiger partial charge in [0, 0.05) is 0 Å². The lowest BCUT2D eigenvalue weighted by Crippen LogP contribution is -1.93. The number of pyridine rings is 1. The van der Waals surface area contributed by atoms with Gasteiger partial charge in [-0.15, -0.1) is 0 Å². The van der Waals surface area contributed by atoms with Crippen molar-refractivity contribution in [3.8, 4) is 11.5 Å². The molecule has 0 aliphatic rings. The third kappa shape index (κ3) is 2.08. The first-order valence-electron chi connectivity index (χ1n) is 4.50. The molecule has 0 fully saturated rings. The summed E-state index contributed by atoms with van der Waals surface area (Å²) in [5, 5.41) is 0. The molecule has 0 amide bonds. The lowest BCUT2D eigenvalue weighted by atomic mass is 10.3. The van der Waals surface area contributed by atoms with Crippen molar-refractivity contribution in [1.82, 2.24) is 4.98 Å². The lowest BCUT2D eigenvalue weighted by molar-refractivity contribution is 0.415. The highest BCUT2D eigenvalue weighted by molar-refractivity contribution is 5.36. The van der Waals surface area contributed by atoms with Crippen molar-refractivity contribution in [2.75, 3.05) is 5.73 Å². The van der Waals surface area contributed by atoms with E-state index in [1.54, 1.807) is 0 Å². The van der Waals surface area contributed by atoms with Crippen LogP contribution < -0.4 is 10.5 Å². The minimum Gasteiger partial charge on any atom is -0.453 e. The predicted octanol–water partition coefficient (Wildman–Crippen LogP) is 2.73. The van der Waals surface area contributed by atoms with E-state index in [-0.39, 0.29) is 5.75 Å². The third-order valence-electron chi connectivity index (χ3n) is 1.90. The van der Waals surface area contributed by atoms with Crippen LogP contribution >= 0.6 is 0 Å². The van der Waals surface area contributed by atoms with Gasteiger partial charge in [0.25, 0.3) is 0 Å². The number of nitrogens with two attached hydrogens (primary N) is 1. The molecule has 1 aromatic carbocycles. The van der Waals surface area contributed by atoms with Crippen LogP contribution in [0.4, 0.5) is 14.6 Å². The summed E-state index contributed by atoms with van der Waals surface area (Å²) in [6.07, 6.45) is 1.33. The van der Waals surface area contributed by atoms with Gasteiger partial charge in [-0.05, 0) is 24.3 Å². The molecule has 1 aromatic heterocycles. The maximum Gasteiger partial charge on any atom is 0.201 e. The molecule has 0 aliphatic carbocycles. The largest absolute Gasteiger partial charge is 0.453 e. The van der Waals surface area contributed by atoms with Gasteiger partial charge < -0.3 is 10.5 Å². The summed E-state index contributed by atoms with van der Waals surface area (Å²) in [4.78, 5) is 3.76. The average molecular weight is 222 g/mol. The van der Waals surface area contributed by atoms with Gasteiger partial charge in [-0.2, -0.15) is 4.39 Å². The van der Waals surface area contributed by atoms with E-state index in [2.05, 4.69) is 4.98 Å².